The topological polar surface area (TPSA) is 104 Å². The zero-order valence-electron chi connectivity index (χ0n) is 18.9. The highest BCUT2D eigenvalue weighted by Crippen LogP contribution is 2.35. The van der Waals surface area contributed by atoms with Crippen molar-refractivity contribution in [1.29, 1.82) is 0 Å². The Morgan fingerprint density at radius 1 is 1.03 bits per heavy atom. The first kappa shape index (κ1) is 25.0. The van der Waals surface area contributed by atoms with Crippen LogP contribution in [0.5, 0.6) is 5.75 Å². The van der Waals surface area contributed by atoms with Crippen molar-refractivity contribution >= 4 is 34.2 Å². The van der Waals surface area contributed by atoms with Gasteiger partial charge in [0.15, 0.2) is 5.76 Å². The van der Waals surface area contributed by atoms with Gasteiger partial charge in [-0.1, -0.05) is 6.92 Å². The number of benzene rings is 1. The van der Waals surface area contributed by atoms with E-state index < -0.39 is 17.8 Å². The van der Waals surface area contributed by atoms with Crippen LogP contribution < -0.4 is 10.1 Å². The molecule has 0 radical (unpaired) electrons. The molecule has 0 saturated heterocycles. The maximum atomic E-state index is 13.0. The van der Waals surface area contributed by atoms with Crippen LogP contribution in [0.3, 0.4) is 0 Å². The van der Waals surface area contributed by atoms with Gasteiger partial charge in [-0.05, 0) is 62.2 Å². The average Bonchev–Trinajstić information content (AvgIpc) is 3.42. The lowest BCUT2D eigenvalue weighted by atomic mass is 10.1. The first-order valence-corrected chi connectivity index (χ1v) is 11.4. The Morgan fingerprint density at radius 3 is 2.44 bits per heavy atom. The number of hydrogen-bond acceptors (Lipinski definition) is 8. The van der Waals surface area contributed by atoms with Crippen LogP contribution in [0, 0.1) is 12.7 Å². The summed E-state index contributed by atoms with van der Waals surface area (Å²) in [6, 6.07) is 8.52. The Balaban J connectivity index is 1.76. The maximum Gasteiger partial charge on any atom is 0.348 e. The van der Waals surface area contributed by atoms with E-state index in [-0.39, 0.29) is 46.8 Å². The number of carbonyl (C=O) groups is 3. The molecule has 0 unspecified atom stereocenters. The molecule has 0 bridgehead atoms. The number of ether oxygens (including phenoxy) is 3. The molecule has 8 nitrogen and oxygen atoms in total. The number of nitrogens with one attached hydrogen (secondary N) is 1. The van der Waals surface area contributed by atoms with Crippen molar-refractivity contribution in [2.45, 2.75) is 33.8 Å². The van der Waals surface area contributed by atoms with Gasteiger partial charge < -0.3 is 23.9 Å². The van der Waals surface area contributed by atoms with Crippen molar-refractivity contribution in [3.05, 3.63) is 69.7 Å². The van der Waals surface area contributed by atoms with E-state index in [9.17, 15) is 18.8 Å². The zero-order chi connectivity index (χ0) is 24.7. The van der Waals surface area contributed by atoms with Gasteiger partial charge in [-0.15, -0.1) is 11.3 Å². The van der Waals surface area contributed by atoms with Crippen LogP contribution in [-0.4, -0.2) is 31.1 Å². The average molecular weight is 490 g/mol. The molecule has 3 rings (SSSR count). The number of halogens is 1. The minimum Gasteiger partial charge on any atom is -0.486 e. The highest BCUT2D eigenvalue weighted by Gasteiger charge is 2.28. The second-order valence-corrected chi connectivity index (χ2v) is 8.10. The van der Waals surface area contributed by atoms with Crippen LogP contribution in [0.2, 0.25) is 0 Å². The molecule has 3 aromatic rings. The molecule has 0 aliphatic heterocycles. The molecule has 0 aliphatic rings. The number of esters is 2. The summed E-state index contributed by atoms with van der Waals surface area (Å²) in [7, 11) is 0. The van der Waals surface area contributed by atoms with Gasteiger partial charge >= 0.3 is 11.9 Å². The molecule has 0 fully saturated rings. The normalized spacial score (nSPS) is 10.6. The first-order valence-electron chi connectivity index (χ1n) is 10.6. The second-order valence-electron chi connectivity index (χ2n) is 7.08. The van der Waals surface area contributed by atoms with Crippen molar-refractivity contribution in [2.75, 3.05) is 18.5 Å². The van der Waals surface area contributed by atoms with Gasteiger partial charge in [0.25, 0.3) is 5.91 Å². The van der Waals surface area contributed by atoms with Gasteiger partial charge in [0.05, 0.1) is 18.8 Å². The predicted octanol–water partition coefficient (Wildman–Crippen LogP) is 5.36. The van der Waals surface area contributed by atoms with Crippen molar-refractivity contribution in [3.63, 3.8) is 0 Å². The Kier molecular flexibility index (Phi) is 8.42. The van der Waals surface area contributed by atoms with Crippen molar-refractivity contribution in [3.8, 4) is 5.75 Å². The molecule has 180 valence electrons. The molecule has 0 atom stereocenters. The SMILES string of the molecule is CCCOC(=O)c1c(NC(=O)c2ccc(COc3ccc(F)cc3)o2)sc(C(=O)OCC)c1C. The number of anilines is 1. The van der Waals surface area contributed by atoms with Gasteiger partial charge in [-0.2, -0.15) is 0 Å². The van der Waals surface area contributed by atoms with Gasteiger partial charge in [-0.25, -0.2) is 14.0 Å². The highest BCUT2D eigenvalue weighted by atomic mass is 32.1. The lowest BCUT2D eigenvalue weighted by Crippen LogP contribution is -2.14. The summed E-state index contributed by atoms with van der Waals surface area (Å²) < 4.78 is 34.3. The summed E-state index contributed by atoms with van der Waals surface area (Å²) in [5, 5.41) is 2.79. The lowest BCUT2D eigenvalue weighted by molar-refractivity contribution is 0.0506. The monoisotopic (exact) mass is 489 g/mol. The zero-order valence-corrected chi connectivity index (χ0v) is 19.8. The Morgan fingerprint density at radius 2 is 1.76 bits per heavy atom. The van der Waals surface area contributed by atoms with E-state index in [1.54, 1.807) is 19.9 Å². The fourth-order valence-electron chi connectivity index (χ4n) is 2.93. The van der Waals surface area contributed by atoms with Gasteiger partial charge in [0.1, 0.15) is 33.8 Å². The van der Waals surface area contributed by atoms with Gasteiger partial charge in [0.2, 0.25) is 0 Å². The molecule has 1 N–H and O–H groups in total. The second kappa shape index (κ2) is 11.5. The van der Waals surface area contributed by atoms with E-state index in [1.807, 2.05) is 6.92 Å². The van der Waals surface area contributed by atoms with Crippen LogP contribution in [0.1, 0.15) is 62.2 Å². The van der Waals surface area contributed by atoms with Crippen LogP contribution in [0.15, 0.2) is 40.8 Å². The number of furan rings is 1. The van der Waals surface area contributed by atoms with Crippen molar-refractivity contribution < 1.29 is 37.4 Å². The fourth-order valence-corrected chi connectivity index (χ4v) is 4.02. The summed E-state index contributed by atoms with van der Waals surface area (Å²) in [6.45, 7) is 5.52. The smallest absolute Gasteiger partial charge is 0.348 e. The fraction of sp³-hybridized carbons (Fsp3) is 0.292. The van der Waals surface area contributed by atoms with Crippen LogP contribution >= 0.6 is 11.3 Å². The van der Waals surface area contributed by atoms with E-state index in [1.165, 1.54) is 30.3 Å². The Hall–Kier alpha value is -3.66. The molecule has 10 heteroatoms. The minimum atomic E-state index is -0.644. The van der Waals surface area contributed by atoms with Crippen LogP contribution in [0.25, 0.3) is 0 Å². The molecule has 1 aromatic carbocycles. The number of carbonyl (C=O) groups excluding carboxylic acids is 3. The minimum absolute atomic E-state index is 0.0191. The van der Waals surface area contributed by atoms with Crippen molar-refractivity contribution in [1.82, 2.24) is 0 Å². The molecular formula is C24H24FNO7S. The number of thiophene rings is 1. The molecule has 2 heterocycles. The van der Waals surface area contributed by atoms with Crippen molar-refractivity contribution in [2.24, 2.45) is 0 Å². The third-order valence-electron chi connectivity index (χ3n) is 4.56. The van der Waals surface area contributed by atoms with E-state index >= 15 is 0 Å². The van der Waals surface area contributed by atoms with Crippen LogP contribution in [0.4, 0.5) is 9.39 Å². The number of amides is 1. The summed E-state index contributed by atoms with van der Waals surface area (Å²) in [4.78, 5) is 37.9. The molecular weight excluding hydrogens is 465 g/mol. The Labute approximate surface area is 199 Å². The molecule has 0 aliphatic carbocycles. The van der Waals surface area contributed by atoms with E-state index in [0.29, 0.717) is 23.5 Å². The molecule has 1 amide bonds. The summed E-state index contributed by atoms with van der Waals surface area (Å²) in [6.07, 6.45) is 0.622. The third kappa shape index (κ3) is 6.02. The Bertz CT molecular complexity index is 1170. The van der Waals surface area contributed by atoms with Crippen LogP contribution in [-0.2, 0) is 16.1 Å². The third-order valence-corrected chi connectivity index (χ3v) is 5.74. The quantitative estimate of drug-likeness (QED) is 0.382. The van der Waals surface area contributed by atoms with E-state index in [4.69, 9.17) is 18.6 Å². The van der Waals surface area contributed by atoms with E-state index in [0.717, 1.165) is 11.3 Å². The van der Waals surface area contributed by atoms with Gasteiger partial charge in [-0.3, -0.25) is 4.79 Å². The molecule has 34 heavy (non-hydrogen) atoms. The summed E-state index contributed by atoms with van der Waals surface area (Å²) in [5.74, 6) is -1.44. The lowest BCUT2D eigenvalue weighted by Gasteiger charge is -2.07. The largest absolute Gasteiger partial charge is 0.486 e. The number of hydrogen-bond donors (Lipinski definition) is 1. The number of rotatable bonds is 10. The highest BCUT2D eigenvalue weighted by molar-refractivity contribution is 7.18. The first-order chi connectivity index (χ1) is 16.3. The summed E-state index contributed by atoms with van der Waals surface area (Å²) in [5.41, 5.74) is 0.467. The van der Waals surface area contributed by atoms with Gasteiger partial charge in [0, 0.05) is 0 Å². The molecule has 2 aromatic heterocycles. The molecule has 0 spiro atoms. The molecule has 0 saturated carbocycles. The van der Waals surface area contributed by atoms with E-state index in [2.05, 4.69) is 5.32 Å². The standard InChI is InChI=1S/C24H24FNO7S/c1-4-12-31-23(28)19-14(3)20(24(29)30-5-2)34-22(19)26-21(27)18-11-10-17(33-18)13-32-16-8-6-15(25)7-9-16/h6-11H,4-5,12-13H2,1-3H3,(H,26,27). The summed E-state index contributed by atoms with van der Waals surface area (Å²) >= 11 is 0.930. The maximum absolute atomic E-state index is 13.0. The predicted molar refractivity (Wildman–Crippen MR) is 123 cm³/mol.